The van der Waals surface area contributed by atoms with E-state index in [1.165, 1.54) is 5.01 Å². The van der Waals surface area contributed by atoms with Crippen LogP contribution in [-0.2, 0) is 6.54 Å². The Balaban J connectivity index is 1.97. The van der Waals surface area contributed by atoms with E-state index in [-0.39, 0.29) is 0 Å². The minimum atomic E-state index is 0.587. The minimum absolute atomic E-state index is 0.587. The van der Waals surface area contributed by atoms with E-state index in [9.17, 15) is 0 Å². The molecule has 2 unspecified atom stereocenters. The average molecular weight is 211 g/mol. The van der Waals surface area contributed by atoms with Crippen LogP contribution in [0.3, 0.4) is 0 Å². The maximum Gasteiger partial charge on any atom is 0.107 e. The first-order valence-corrected chi connectivity index (χ1v) is 6.01. The highest BCUT2D eigenvalue weighted by molar-refractivity contribution is 7.09. The molecule has 0 radical (unpaired) electrons. The van der Waals surface area contributed by atoms with Crippen molar-refractivity contribution in [1.29, 1.82) is 0 Å². The lowest BCUT2D eigenvalue weighted by atomic mass is 10.1. The topological polar surface area (TPSA) is 28.2 Å². The average Bonchev–Trinajstić information content (AvgIpc) is 2.66. The van der Waals surface area contributed by atoms with Crippen molar-refractivity contribution in [2.45, 2.75) is 32.5 Å². The van der Waals surface area contributed by atoms with Crippen LogP contribution in [0.5, 0.6) is 0 Å². The molecule has 0 spiro atoms. The molecule has 14 heavy (non-hydrogen) atoms. The Labute approximate surface area is 89.1 Å². The molecule has 1 N–H and O–H groups in total. The fraction of sp³-hybridized carbons (Fsp3) is 0.700. The lowest BCUT2D eigenvalue weighted by Gasteiger charge is -2.38. The van der Waals surface area contributed by atoms with Crippen molar-refractivity contribution < 1.29 is 0 Å². The molecule has 78 valence electrons. The molecule has 1 aromatic heterocycles. The molecule has 0 aromatic carbocycles. The molecule has 0 bridgehead atoms. The summed E-state index contributed by atoms with van der Waals surface area (Å²) in [5, 5.41) is 6.76. The maximum atomic E-state index is 4.33. The Morgan fingerprint density at radius 2 is 2.50 bits per heavy atom. The maximum absolute atomic E-state index is 4.33. The largest absolute Gasteiger partial charge is 0.311 e. The SMILES string of the molecule is CC1NCCN(Cc2nccs2)C1C. The van der Waals surface area contributed by atoms with Crippen molar-refractivity contribution in [3.05, 3.63) is 16.6 Å². The summed E-state index contributed by atoms with van der Waals surface area (Å²) < 4.78 is 0. The Morgan fingerprint density at radius 3 is 3.21 bits per heavy atom. The molecular formula is C10H17N3S. The van der Waals surface area contributed by atoms with Crippen LogP contribution in [0.4, 0.5) is 0 Å². The van der Waals surface area contributed by atoms with Crippen molar-refractivity contribution in [3.8, 4) is 0 Å². The zero-order chi connectivity index (χ0) is 9.97. The molecule has 3 nitrogen and oxygen atoms in total. The number of nitrogens with one attached hydrogen (secondary N) is 1. The molecule has 1 aliphatic rings. The molecular weight excluding hydrogens is 194 g/mol. The highest BCUT2D eigenvalue weighted by Gasteiger charge is 2.24. The van der Waals surface area contributed by atoms with Crippen LogP contribution in [0.25, 0.3) is 0 Å². The van der Waals surface area contributed by atoms with Crippen LogP contribution in [0.1, 0.15) is 18.9 Å². The highest BCUT2D eigenvalue weighted by Crippen LogP contribution is 2.14. The van der Waals surface area contributed by atoms with Crippen LogP contribution >= 0.6 is 11.3 Å². The van der Waals surface area contributed by atoms with Gasteiger partial charge in [0.15, 0.2) is 0 Å². The fourth-order valence-electron chi connectivity index (χ4n) is 1.85. The van der Waals surface area contributed by atoms with Crippen molar-refractivity contribution in [1.82, 2.24) is 15.2 Å². The molecule has 0 amide bonds. The van der Waals surface area contributed by atoms with E-state index < -0.39 is 0 Å². The van der Waals surface area contributed by atoms with Gasteiger partial charge >= 0.3 is 0 Å². The first kappa shape index (κ1) is 10.1. The van der Waals surface area contributed by atoms with Gasteiger partial charge in [0.05, 0.1) is 6.54 Å². The summed E-state index contributed by atoms with van der Waals surface area (Å²) in [5.74, 6) is 0. The van der Waals surface area contributed by atoms with Gasteiger partial charge in [0, 0.05) is 36.8 Å². The van der Waals surface area contributed by atoms with E-state index in [1.54, 1.807) is 11.3 Å². The standard InChI is InChI=1S/C10H17N3S/c1-8-9(2)13(5-3-11-8)7-10-12-4-6-14-10/h4,6,8-9,11H,3,5,7H2,1-2H3. The molecule has 0 aliphatic carbocycles. The van der Waals surface area contributed by atoms with Gasteiger partial charge in [-0.1, -0.05) is 0 Å². The second kappa shape index (κ2) is 4.38. The molecule has 0 saturated carbocycles. The predicted octanol–water partition coefficient (Wildman–Crippen LogP) is 1.33. The molecule has 2 atom stereocenters. The number of nitrogens with zero attached hydrogens (tertiary/aromatic N) is 2. The molecule has 4 heteroatoms. The third-order valence-electron chi connectivity index (χ3n) is 2.99. The monoisotopic (exact) mass is 211 g/mol. The van der Waals surface area contributed by atoms with Crippen LogP contribution in [0, 0.1) is 0 Å². The lowest BCUT2D eigenvalue weighted by molar-refractivity contribution is 0.130. The van der Waals surface area contributed by atoms with Crippen molar-refractivity contribution in [2.75, 3.05) is 13.1 Å². The quantitative estimate of drug-likeness (QED) is 0.800. The van der Waals surface area contributed by atoms with Crippen LogP contribution in [-0.4, -0.2) is 35.1 Å². The summed E-state index contributed by atoms with van der Waals surface area (Å²) in [7, 11) is 0. The van der Waals surface area contributed by atoms with Crippen LogP contribution in [0.15, 0.2) is 11.6 Å². The van der Waals surface area contributed by atoms with E-state index >= 15 is 0 Å². The van der Waals surface area contributed by atoms with Gasteiger partial charge in [-0.3, -0.25) is 4.90 Å². The second-order valence-electron chi connectivity index (χ2n) is 3.88. The molecule has 1 aromatic rings. The van der Waals surface area contributed by atoms with E-state index in [2.05, 4.69) is 29.0 Å². The molecule has 1 saturated heterocycles. The van der Waals surface area contributed by atoms with Crippen LogP contribution < -0.4 is 5.32 Å². The lowest BCUT2D eigenvalue weighted by Crippen LogP contribution is -2.54. The van der Waals surface area contributed by atoms with Gasteiger partial charge in [-0.15, -0.1) is 11.3 Å². The first-order valence-electron chi connectivity index (χ1n) is 5.13. The Kier molecular flexibility index (Phi) is 3.15. The van der Waals surface area contributed by atoms with Gasteiger partial charge in [-0.25, -0.2) is 4.98 Å². The number of piperazine rings is 1. The second-order valence-corrected chi connectivity index (χ2v) is 4.86. The van der Waals surface area contributed by atoms with Gasteiger partial charge < -0.3 is 5.32 Å². The normalized spacial score (nSPS) is 29.3. The molecule has 1 aliphatic heterocycles. The van der Waals surface area contributed by atoms with E-state index in [0.717, 1.165) is 19.6 Å². The summed E-state index contributed by atoms with van der Waals surface area (Å²) in [6, 6.07) is 1.19. The summed E-state index contributed by atoms with van der Waals surface area (Å²) in [6.45, 7) is 7.76. The van der Waals surface area contributed by atoms with E-state index in [1.807, 2.05) is 11.6 Å². The number of rotatable bonds is 2. The third-order valence-corrected chi connectivity index (χ3v) is 3.75. The predicted molar refractivity (Wildman–Crippen MR) is 59.5 cm³/mol. The Morgan fingerprint density at radius 1 is 1.64 bits per heavy atom. The van der Waals surface area contributed by atoms with Crippen molar-refractivity contribution in [3.63, 3.8) is 0 Å². The Bertz CT molecular complexity index is 273. The molecule has 2 heterocycles. The zero-order valence-electron chi connectivity index (χ0n) is 8.73. The van der Waals surface area contributed by atoms with Crippen molar-refractivity contribution in [2.24, 2.45) is 0 Å². The molecule has 2 rings (SSSR count). The van der Waals surface area contributed by atoms with E-state index in [0.29, 0.717) is 12.1 Å². The number of hydrogen-bond acceptors (Lipinski definition) is 4. The smallest absolute Gasteiger partial charge is 0.107 e. The third kappa shape index (κ3) is 2.13. The Hall–Kier alpha value is -0.450. The highest BCUT2D eigenvalue weighted by atomic mass is 32.1. The number of thiazole rings is 1. The van der Waals surface area contributed by atoms with E-state index in [4.69, 9.17) is 0 Å². The summed E-state index contributed by atoms with van der Waals surface area (Å²) in [5.41, 5.74) is 0. The number of aromatic nitrogens is 1. The summed E-state index contributed by atoms with van der Waals surface area (Å²) >= 11 is 1.75. The summed E-state index contributed by atoms with van der Waals surface area (Å²) in [4.78, 5) is 6.83. The fourth-order valence-corrected chi connectivity index (χ4v) is 2.49. The number of hydrogen-bond donors (Lipinski definition) is 1. The molecule has 1 fully saturated rings. The minimum Gasteiger partial charge on any atom is -0.311 e. The van der Waals surface area contributed by atoms with Gasteiger partial charge in [0.2, 0.25) is 0 Å². The van der Waals surface area contributed by atoms with Gasteiger partial charge in [-0.05, 0) is 13.8 Å². The van der Waals surface area contributed by atoms with Gasteiger partial charge in [0.1, 0.15) is 5.01 Å². The van der Waals surface area contributed by atoms with Gasteiger partial charge in [0.25, 0.3) is 0 Å². The first-order chi connectivity index (χ1) is 6.77. The van der Waals surface area contributed by atoms with Crippen molar-refractivity contribution >= 4 is 11.3 Å². The summed E-state index contributed by atoms with van der Waals surface area (Å²) in [6.07, 6.45) is 1.89. The zero-order valence-corrected chi connectivity index (χ0v) is 9.55. The van der Waals surface area contributed by atoms with Crippen LogP contribution in [0.2, 0.25) is 0 Å². The van der Waals surface area contributed by atoms with Gasteiger partial charge in [-0.2, -0.15) is 0 Å².